The maximum absolute atomic E-state index is 12.6. The molecule has 1 aromatic heterocycles. The van der Waals surface area contributed by atoms with Gasteiger partial charge in [0.1, 0.15) is 10.7 Å². The van der Waals surface area contributed by atoms with Gasteiger partial charge in [-0.05, 0) is 19.1 Å². The number of nitrogens with one attached hydrogen (secondary N) is 1. The van der Waals surface area contributed by atoms with Gasteiger partial charge < -0.3 is 10.1 Å². The fourth-order valence-electron chi connectivity index (χ4n) is 1.96. The van der Waals surface area contributed by atoms with Crippen LogP contribution in [-0.2, 0) is 14.8 Å². The average molecular weight is 287 g/mol. The van der Waals surface area contributed by atoms with Crippen molar-refractivity contribution in [3.63, 3.8) is 0 Å². The number of hydrogen-bond acceptors (Lipinski definition) is 5. The molecule has 1 unspecified atom stereocenters. The van der Waals surface area contributed by atoms with Gasteiger partial charge in [0.05, 0.1) is 6.61 Å². The van der Waals surface area contributed by atoms with Crippen molar-refractivity contribution < 1.29 is 13.2 Å². The highest BCUT2D eigenvalue weighted by molar-refractivity contribution is 7.89. The minimum Gasteiger partial charge on any atom is -0.383 e. The lowest BCUT2D eigenvalue weighted by Gasteiger charge is -2.27. The molecule has 0 saturated heterocycles. The van der Waals surface area contributed by atoms with Crippen LogP contribution in [0.2, 0.25) is 0 Å². The molecule has 6 nitrogen and oxygen atoms in total. The average Bonchev–Trinajstić information content (AvgIpc) is 2.39. The predicted molar refractivity (Wildman–Crippen MR) is 74.7 cm³/mol. The van der Waals surface area contributed by atoms with Crippen molar-refractivity contribution in [3.05, 3.63) is 18.3 Å². The summed E-state index contributed by atoms with van der Waals surface area (Å²) in [7, 11) is -0.382. The highest BCUT2D eigenvalue weighted by Gasteiger charge is 2.29. The second-order valence-corrected chi connectivity index (χ2v) is 5.97. The number of likely N-dealkylation sites (N-methyl/N-ethyl adjacent to an activating group) is 1. The van der Waals surface area contributed by atoms with Gasteiger partial charge in [0.2, 0.25) is 10.0 Å². The van der Waals surface area contributed by atoms with E-state index in [1.165, 1.54) is 4.31 Å². The SMILES string of the molecule is CCN(C(C)COC)S(=O)(=O)c1cccnc1NC. The quantitative estimate of drug-likeness (QED) is 0.815. The fraction of sp³-hybridized carbons (Fsp3) is 0.583. The van der Waals surface area contributed by atoms with E-state index in [2.05, 4.69) is 10.3 Å². The molecule has 0 radical (unpaired) electrons. The zero-order chi connectivity index (χ0) is 14.5. The van der Waals surface area contributed by atoms with Crippen LogP contribution >= 0.6 is 0 Å². The van der Waals surface area contributed by atoms with Crippen LogP contribution in [-0.4, -0.2) is 51.1 Å². The number of methoxy groups -OCH3 is 1. The monoisotopic (exact) mass is 287 g/mol. The van der Waals surface area contributed by atoms with Gasteiger partial charge in [-0.2, -0.15) is 4.31 Å². The van der Waals surface area contributed by atoms with Crippen molar-refractivity contribution in [2.45, 2.75) is 24.8 Å². The van der Waals surface area contributed by atoms with Crippen LogP contribution in [0.3, 0.4) is 0 Å². The summed E-state index contributed by atoms with van der Waals surface area (Å²) in [6.45, 7) is 4.35. The standard InChI is InChI=1S/C12H21N3O3S/c1-5-15(10(2)9-18-4)19(16,17)11-7-6-8-14-12(11)13-3/h6-8,10H,5,9H2,1-4H3,(H,13,14). The fourth-order valence-corrected chi connectivity index (χ4v) is 3.73. The first-order valence-electron chi connectivity index (χ1n) is 6.12. The lowest BCUT2D eigenvalue weighted by molar-refractivity contribution is 0.142. The largest absolute Gasteiger partial charge is 0.383 e. The molecule has 0 aromatic carbocycles. The van der Waals surface area contributed by atoms with E-state index in [9.17, 15) is 8.42 Å². The Kier molecular flexibility index (Phi) is 5.71. The summed E-state index contributed by atoms with van der Waals surface area (Å²) in [4.78, 5) is 4.22. The molecule has 0 bridgehead atoms. The van der Waals surface area contributed by atoms with Crippen LogP contribution in [0.4, 0.5) is 5.82 Å². The minimum atomic E-state index is -3.59. The van der Waals surface area contributed by atoms with Crippen molar-refractivity contribution >= 4 is 15.8 Å². The van der Waals surface area contributed by atoms with E-state index in [1.54, 1.807) is 39.4 Å². The summed E-state index contributed by atoms with van der Waals surface area (Å²) < 4.78 is 31.7. The smallest absolute Gasteiger partial charge is 0.247 e. The second kappa shape index (κ2) is 6.83. The Labute approximate surface area is 114 Å². The summed E-state index contributed by atoms with van der Waals surface area (Å²) in [6.07, 6.45) is 1.56. The number of anilines is 1. The first-order valence-corrected chi connectivity index (χ1v) is 7.56. The van der Waals surface area contributed by atoms with E-state index in [4.69, 9.17) is 4.74 Å². The lowest BCUT2D eigenvalue weighted by Crippen LogP contribution is -2.41. The second-order valence-electron chi connectivity index (χ2n) is 4.11. The van der Waals surface area contributed by atoms with Crippen molar-refractivity contribution in [1.29, 1.82) is 0 Å². The summed E-state index contributed by atoms with van der Waals surface area (Å²) >= 11 is 0. The van der Waals surface area contributed by atoms with E-state index < -0.39 is 10.0 Å². The van der Waals surface area contributed by atoms with Gasteiger partial charge in [0.15, 0.2) is 0 Å². The topological polar surface area (TPSA) is 71.5 Å². The van der Waals surface area contributed by atoms with Gasteiger partial charge in [0, 0.05) is 32.9 Å². The minimum absolute atomic E-state index is 0.183. The van der Waals surface area contributed by atoms with Crippen LogP contribution in [0, 0.1) is 0 Å². The summed E-state index contributed by atoms with van der Waals surface area (Å²) in [5.41, 5.74) is 0. The van der Waals surface area contributed by atoms with Gasteiger partial charge in [-0.25, -0.2) is 13.4 Å². The molecule has 1 atom stereocenters. The molecule has 0 spiro atoms. The molecule has 0 aliphatic rings. The van der Waals surface area contributed by atoms with Crippen molar-refractivity contribution in [2.75, 3.05) is 32.6 Å². The van der Waals surface area contributed by atoms with Gasteiger partial charge in [-0.3, -0.25) is 0 Å². The molecule has 0 amide bonds. The molecule has 0 aliphatic carbocycles. The maximum Gasteiger partial charge on any atom is 0.247 e. The zero-order valence-corrected chi connectivity index (χ0v) is 12.6. The van der Waals surface area contributed by atoms with Crippen LogP contribution in [0.5, 0.6) is 0 Å². The molecule has 1 aromatic rings. The van der Waals surface area contributed by atoms with Crippen molar-refractivity contribution in [3.8, 4) is 0 Å². The molecule has 7 heteroatoms. The number of nitrogens with zero attached hydrogens (tertiary/aromatic N) is 2. The number of sulfonamides is 1. The van der Waals surface area contributed by atoms with Crippen LogP contribution in [0.15, 0.2) is 23.2 Å². The summed E-state index contributed by atoms with van der Waals surface area (Å²) in [5.74, 6) is 0.352. The van der Waals surface area contributed by atoms with E-state index >= 15 is 0 Å². The molecule has 19 heavy (non-hydrogen) atoms. The van der Waals surface area contributed by atoms with E-state index in [-0.39, 0.29) is 10.9 Å². The van der Waals surface area contributed by atoms with Crippen LogP contribution < -0.4 is 5.32 Å². The summed E-state index contributed by atoms with van der Waals surface area (Å²) in [5, 5.41) is 2.80. The van der Waals surface area contributed by atoms with Crippen LogP contribution in [0.25, 0.3) is 0 Å². The van der Waals surface area contributed by atoms with E-state index in [0.29, 0.717) is 19.0 Å². The lowest BCUT2D eigenvalue weighted by atomic mass is 10.4. The summed E-state index contributed by atoms with van der Waals surface area (Å²) in [6, 6.07) is 2.93. The Morgan fingerprint density at radius 2 is 2.21 bits per heavy atom. The van der Waals surface area contributed by atoms with Crippen LogP contribution in [0.1, 0.15) is 13.8 Å². The molecule has 1 rings (SSSR count). The molecule has 1 N–H and O–H groups in total. The molecular formula is C12H21N3O3S. The molecule has 0 aliphatic heterocycles. The van der Waals surface area contributed by atoms with Gasteiger partial charge in [-0.1, -0.05) is 6.92 Å². The predicted octanol–water partition coefficient (Wildman–Crippen LogP) is 1.17. The number of ether oxygens (including phenoxy) is 1. The molecule has 108 valence electrons. The first-order chi connectivity index (χ1) is 8.98. The normalized spacial score (nSPS) is 13.5. The Balaban J connectivity index is 3.20. The van der Waals surface area contributed by atoms with Gasteiger partial charge in [-0.15, -0.1) is 0 Å². The number of aromatic nitrogens is 1. The highest BCUT2D eigenvalue weighted by Crippen LogP contribution is 2.23. The number of hydrogen-bond donors (Lipinski definition) is 1. The van der Waals surface area contributed by atoms with E-state index in [1.807, 2.05) is 6.92 Å². The highest BCUT2D eigenvalue weighted by atomic mass is 32.2. The Hall–Kier alpha value is -1.18. The Bertz CT molecular complexity index is 505. The molecule has 1 heterocycles. The van der Waals surface area contributed by atoms with Crippen molar-refractivity contribution in [2.24, 2.45) is 0 Å². The Morgan fingerprint density at radius 3 is 2.74 bits per heavy atom. The number of pyridine rings is 1. The third-order valence-corrected chi connectivity index (χ3v) is 4.93. The molecule has 0 saturated carbocycles. The van der Waals surface area contributed by atoms with Gasteiger partial charge >= 0.3 is 0 Å². The number of rotatable bonds is 7. The Morgan fingerprint density at radius 1 is 1.53 bits per heavy atom. The zero-order valence-electron chi connectivity index (χ0n) is 11.8. The third kappa shape index (κ3) is 3.43. The first kappa shape index (κ1) is 15.9. The molecular weight excluding hydrogens is 266 g/mol. The van der Waals surface area contributed by atoms with Crippen molar-refractivity contribution in [1.82, 2.24) is 9.29 Å². The third-order valence-electron chi connectivity index (χ3n) is 2.81. The molecule has 0 fully saturated rings. The van der Waals surface area contributed by atoms with E-state index in [0.717, 1.165) is 0 Å². The van der Waals surface area contributed by atoms with Gasteiger partial charge in [0.25, 0.3) is 0 Å². The maximum atomic E-state index is 12.6.